The minimum atomic E-state index is -1.25. The van der Waals surface area contributed by atoms with Gasteiger partial charge in [-0.15, -0.1) is 0 Å². The summed E-state index contributed by atoms with van der Waals surface area (Å²) < 4.78 is 18.2. The van der Waals surface area contributed by atoms with Gasteiger partial charge in [0, 0.05) is 6.42 Å². The highest BCUT2D eigenvalue weighted by molar-refractivity contribution is 6.07. The molecule has 0 aliphatic carbocycles. The smallest absolute Gasteiger partial charge is 0.325 e. The summed E-state index contributed by atoms with van der Waals surface area (Å²) in [6.07, 6.45) is 1.53. The van der Waals surface area contributed by atoms with E-state index in [1.54, 1.807) is 6.92 Å². The summed E-state index contributed by atoms with van der Waals surface area (Å²) in [7, 11) is 0. The van der Waals surface area contributed by atoms with Crippen LogP contribution in [0.25, 0.3) is 0 Å². The summed E-state index contributed by atoms with van der Waals surface area (Å²) in [4.78, 5) is 30.1. The predicted octanol–water partition coefficient (Wildman–Crippen LogP) is 2.13. The lowest BCUT2D eigenvalue weighted by Gasteiger charge is -2.21. The number of carbonyl (C=O) groups is 2. The van der Waals surface area contributed by atoms with Crippen molar-refractivity contribution in [2.75, 3.05) is 0 Å². The monoisotopic (exact) mass is 332 g/mol. The number of hydrogen-bond donors (Lipinski definition) is 1. The van der Waals surface area contributed by atoms with E-state index in [1.165, 1.54) is 24.3 Å². The second kappa shape index (κ2) is 6.03. The van der Waals surface area contributed by atoms with Crippen molar-refractivity contribution >= 4 is 11.9 Å². The number of imide groups is 1. The van der Waals surface area contributed by atoms with E-state index >= 15 is 0 Å². The van der Waals surface area contributed by atoms with Gasteiger partial charge in [-0.2, -0.15) is 4.98 Å². The Morgan fingerprint density at radius 1 is 1.29 bits per heavy atom. The van der Waals surface area contributed by atoms with Gasteiger partial charge >= 0.3 is 6.03 Å². The normalized spacial score (nSPS) is 20.5. The molecule has 1 atom stereocenters. The van der Waals surface area contributed by atoms with E-state index < -0.39 is 23.3 Å². The first-order valence-corrected chi connectivity index (χ1v) is 7.65. The SMILES string of the molecule is CCCc1noc(CN2C(=O)N[C@@](C)(c3ccc(F)cc3)C2=O)n1. The Morgan fingerprint density at radius 2 is 2.00 bits per heavy atom. The molecule has 126 valence electrons. The van der Waals surface area contributed by atoms with Gasteiger partial charge in [-0.1, -0.05) is 24.2 Å². The molecule has 0 radical (unpaired) electrons. The molecule has 3 rings (SSSR count). The molecule has 3 amide bonds. The topological polar surface area (TPSA) is 88.3 Å². The van der Waals surface area contributed by atoms with Crippen LogP contribution in [0, 0.1) is 5.82 Å². The van der Waals surface area contributed by atoms with Gasteiger partial charge < -0.3 is 9.84 Å². The van der Waals surface area contributed by atoms with Crippen LogP contribution in [0.3, 0.4) is 0 Å². The third kappa shape index (κ3) is 2.75. The Labute approximate surface area is 137 Å². The molecular formula is C16H17FN4O3. The Morgan fingerprint density at radius 3 is 2.67 bits per heavy atom. The third-order valence-corrected chi connectivity index (χ3v) is 3.97. The highest BCUT2D eigenvalue weighted by atomic mass is 19.1. The molecule has 7 nitrogen and oxygen atoms in total. The molecule has 1 aromatic heterocycles. The number of amides is 3. The first-order valence-electron chi connectivity index (χ1n) is 7.65. The summed E-state index contributed by atoms with van der Waals surface area (Å²) in [5.41, 5.74) is -0.751. The number of hydrogen-bond acceptors (Lipinski definition) is 5. The number of halogens is 1. The van der Waals surface area contributed by atoms with Gasteiger partial charge in [0.15, 0.2) is 5.82 Å². The number of rotatable bonds is 5. The van der Waals surface area contributed by atoms with E-state index in [0.29, 0.717) is 17.8 Å². The first kappa shape index (κ1) is 16.1. The number of nitrogens with one attached hydrogen (secondary N) is 1. The number of aromatic nitrogens is 2. The second-order valence-corrected chi connectivity index (χ2v) is 5.81. The van der Waals surface area contributed by atoms with Crippen LogP contribution in [0.2, 0.25) is 0 Å². The van der Waals surface area contributed by atoms with Gasteiger partial charge in [0.25, 0.3) is 5.91 Å². The average Bonchev–Trinajstić information content (AvgIpc) is 3.07. The van der Waals surface area contributed by atoms with Crippen molar-refractivity contribution in [3.63, 3.8) is 0 Å². The standard InChI is InChI=1S/C16H17FN4O3/c1-3-4-12-18-13(24-20-12)9-21-14(22)16(2,19-15(21)23)10-5-7-11(17)8-6-10/h5-8H,3-4,9H2,1-2H3,(H,19,23)/t16-/m0/s1. The molecule has 0 bridgehead atoms. The minimum absolute atomic E-state index is 0.0990. The Hall–Kier alpha value is -2.77. The molecule has 0 saturated carbocycles. The van der Waals surface area contributed by atoms with E-state index in [9.17, 15) is 14.0 Å². The maximum Gasteiger partial charge on any atom is 0.325 e. The van der Waals surface area contributed by atoms with Crippen molar-refractivity contribution in [1.82, 2.24) is 20.4 Å². The molecule has 1 aliphatic rings. The van der Waals surface area contributed by atoms with Crippen molar-refractivity contribution in [3.8, 4) is 0 Å². The summed E-state index contributed by atoms with van der Waals surface area (Å²) in [5, 5.41) is 6.45. The van der Waals surface area contributed by atoms with E-state index in [4.69, 9.17) is 4.52 Å². The van der Waals surface area contributed by atoms with Crippen LogP contribution >= 0.6 is 0 Å². The number of benzene rings is 1. The molecule has 2 aromatic rings. The van der Waals surface area contributed by atoms with Gasteiger partial charge in [0.05, 0.1) is 0 Å². The number of urea groups is 1. The number of nitrogens with zero attached hydrogens (tertiary/aromatic N) is 3. The Balaban J connectivity index is 1.81. The van der Waals surface area contributed by atoms with Crippen molar-refractivity contribution in [2.24, 2.45) is 0 Å². The molecule has 0 spiro atoms. The molecule has 2 heterocycles. The largest absolute Gasteiger partial charge is 0.337 e. The van der Waals surface area contributed by atoms with Crippen molar-refractivity contribution in [2.45, 2.75) is 38.8 Å². The zero-order valence-electron chi connectivity index (χ0n) is 13.4. The summed E-state index contributed by atoms with van der Waals surface area (Å²) in [6, 6.07) is 4.89. The fraction of sp³-hybridized carbons (Fsp3) is 0.375. The third-order valence-electron chi connectivity index (χ3n) is 3.97. The average molecular weight is 332 g/mol. The Kier molecular flexibility index (Phi) is 4.04. The minimum Gasteiger partial charge on any atom is -0.337 e. The van der Waals surface area contributed by atoms with Crippen LogP contribution in [0.4, 0.5) is 9.18 Å². The van der Waals surface area contributed by atoms with Gasteiger partial charge in [-0.05, 0) is 31.0 Å². The van der Waals surface area contributed by atoms with Gasteiger partial charge in [-0.25, -0.2) is 9.18 Å². The molecule has 1 saturated heterocycles. The predicted molar refractivity (Wildman–Crippen MR) is 81.1 cm³/mol. The van der Waals surface area contributed by atoms with Crippen LogP contribution < -0.4 is 5.32 Å². The lowest BCUT2D eigenvalue weighted by molar-refractivity contribution is -0.131. The van der Waals surface area contributed by atoms with Gasteiger partial charge in [0.1, 0.15) is 17.9 Å². The van der Waals surface area contributed by atoms with Crippen LogP contribution in [-0.4, -0.2) is 27.0 Å². The van der Waals surface area contributed by atoms with Gasteiger partial charge in [0.2, 0.25) is 5.89 Å². The summed E-state index contributed by atoms with van der Waals surface area (Å²) >= 11 is 0. The molecule has 24 heavy (non-hydrogen) atoms. The van der Waals surface area contributed by atoms with E-state index in [0.717, 1.165) is 11.3 Å². The fourth-order valence-corrected chi connectivity index (χ4v) is 2.63. The van der Waals surface area contributed by atoms with E-state index in [-0.39, 0.29) is 12.4 Å². The highest BCUT2D eigenvalue weighted by Gasteiger charge is 2.49. The van der Waals surface area contributed by atoms with Crippen LogP contribution in [0.1, 0.15) is 37.5 Å². The number of carbonyl (C=O) groups excluding carboxylic acids is 2. The van der Waals surface area contributed by atoms with Crippen molar-refractivity contribution < 1.29 is 18.5 Å². The Bertz CT molecular complexity index is 774. The molecule has 1 aliphatic heterocycles. The lowest BCUT2D eigenvalue weighted by Crippen LogP contribution is -2.40. The molecule has 1 aromatic carbocycles. The highest BCUT2D eigenvalue weighted by Crippen LogP contribution is 2.29. The summed E-state index contributed by atoms with van der Waals surface area (Å²) in [6.45, 7) is 3.47. The van der Waals surface area contributed by atoms with E-state index in [2.05, 4.69) is 15.5 Å². The van der Waals surface area contributed by atoms with Crippen LogP contribution in [0.15, 0.2) is 28.8 Å². The summed E-state index contributed by atoms with van der Waals surface area (Å²) in [5.74, 6) is -0.120. The zero-order chi connectivity index (χ0) is 17.3. The maximum atomic E-state index is 13.1. The molecular weight excluding hydrogens is 315 g/mol. The van der Waals surface area contributed by atoms with Gasteiger partial charge in [-0.3, -0.25) is 9.69 Å². The molecule has 1 N–H and O–H groups in total. The molecule has 8 heteroatoms. The second-order valence-electron chi connectivity index (χ2n) is 5.81. The number of aryl methyl sites for hydroxylation is 1. The lowest BCUT2D eigenvalue weighted by atomic mass is 9.92. The zero-order valence-corrected chi connectivity index (χ0v) is 13.4. The molecule has 0 unspecified atom stereocenters. The van der Waals surface area contributed by atoms with Crippen LogP contribution in [-0.2, 0) is 23.3 Å². The maximum absolute atomic E-state index is 13.1. The van der Waals surface area contributed by atoms with Crippen molar-refractivity contribution in [1.29, 1.82) is 0 Å². The fourth-order valence-electron chi connectivity index (χ4n) is 2.63. The quantitative estimate of drug-likeness (QED) is 0.847. The van der Waals surface area contributed by atoms with E-state index in [1.807, 2.05) is 6.92 Å². The first-order chi connectivity index (χ1) is 11.4. The van der Waals surface area contributed by atoms with Crippen molar-refractivity contribution in [3.05, 3.63) is 47.4 Å². The van der Waals surface area contributed by atoms with Crippen LogP contribution in [0.5, 0.6) is 0 Å². The molecule has 1 fully saturated rings.